The van der Waals surface area contributed by atoms with Crippen molar-refractivity contribution in [2.45, 2.75) is 32.2 Å². The van der Waals surface area contributed by atoms with Gasteiger partial charge in [-0.2, -0.15) is 0 Å². The zero-order chi connectivity index (χ0) is 13.7. The lowest BCUT2D eigenvalue weighted by Gasteiger charge is -2.22. The van der Waals surface area contributed by atoms with Crippen LogP contribution in [-0.2, 0) is 0 Å². The molecule has 2 heterocycles. The highest BCUT2D eigenvalue weighted by Crippen LogP contribution is 2.17. The minimum atomic E-state index is 0.682. The first-order valence-electron chi connectivity index (χ1n) is 7.18. The van der Waals surface area contributed by atoms with Gasteiger partial charge in [-0.1, -0.05) is 0 Å². The van der Waals surface area contributed by atoms with Gasteiger partial charge in [-0.15, -0.1) is 0 Å². The molecule has 5 nitrogen and oxygen atoms in total. The molecule has 1 fully saturated rings. The van der Waals surface area contributed by atoms with Crippen molar-refractivity contribution in [3.8, 4) is 0 Å². The van der Waals surface area contributed by atoms with Crippen LogP contribution in [0.1, 0.15) is 26.2 Å². The summed E-state index contributed by atoms with van der Waals surface area (Å²) >= 11 is 0. The van der Waals surface area contributed by atoms with Crippen LogP contribution in [0.3, 0.4) is 0 Å². The summed E-state index contributed by atoms with van der Waals surface area (Å²) in [7, 11) is 4.15. The highest BCUT2D eigenvalue weighted by atomic mass is 15.2. The molecule has 106 valence electrons. The maximum Gasteiger partial charge on any atom is 0.133 e. The predicted molar refractivity (Wildman–Crippen MR) is 79.9 cm³/mol. The van der Waals surface area contributed by atoms with E-state index in [1.807, 2.05) is 0 Å². The summed E-state index contributed by atoms with van der Waals surface area (Å²) in [4.78, 5) is 13.0. The molecule has 0 saturated carbocycles. The molecule has 2 rings (SSSR count). The summed E-state index contributed by atoms with van der Waals surface area (Å²) in [6, 6.07) is 2.74. The third kappa shape index (κ3) is 3.80. The molecule has 0 bridgehead atoms. The van der Waals surface area contributed by atoms with Crippen molar-refractivity contribution < 1.29 is 0 Å². The molecule has 1 N–H and O–H groups in total. The van der Waals surface area contributed by atoms with E-state index in [1.165, 1.54) is 25.8 Å². The Bertz CT molecular complexity index is 389. The lowest BCUT2D eigenvalue weighted by atomic mass is 10.1. The number of anilines is 2. The molecule has 1 saturated heterocycles. The van der Waals surface area contributed by atoms with Crippen molar-refractivity contribution in [1.29, 1.82) is 0 Å². The first kappa shape index (κ1) is 14.1. The number of aromatic nitrogens is 2. The summed E-state index contributed by atoms with van der Waals surface area (Å²) in [5.41, 5.74) is 0. The maximum absolute atomic E-state index is 4.37. The van der Waals surface area contributed by atoms with Crippen molar-refractivity contribution in [3.05, 3.63) is 12.4 Å². The van der Waals surface area contributed by atoms with E-state index in [2.05, 4.69) is 52.2 Å². The third-order valence-corrected chi connectivity index (χ3v) is 3.87. The number of rotatable bonds is 6. The second-order valence-electron chi connectivity index (χ2n) is 5.25. The highest BCUT2D eigenvalue weighted by Gasteiger charge is 2.15. The maximum atomic E-state index is 4.37. The number of hydrogen-bond donors (Lipinski definition) is 1. The molecule has 1 unspecified atom stereocenters. The van der Waals surface area contributed by atoms with Gasteiger partial charge >= 0.3 is 0 Å². The quantitative estimate of drug-likeness (QED) is 0.843. The second-order valence-corrected chi connectivity index (χ2v) is 5.25. The van der Waals surface area contributed by atoms with Crippen LogP contribution < -0.4 is 15.1 Å². The molecular weight excluding hydrogens is 238 g/mol. The van der Waals surface area contributed by atoms with Crippen molar-refractivity contribution in [2.24, 2.45) is 0 Å². The number of nitrogens with one attached hydrogen (secondary N) is 1. The van der Waals surface area contributed by atoms with Gasteiger partial charge in [0.25, 0.3) is 0 Å². The van der Waals surface area contributed by atoms with E-state index in [-0.39, 0.29) is 0 Å². The highest BCUT2D eigenvalue weighted by molar-refractivity contribution is 5.49. The van der Waals surface area contributed by atoms with Crippen LogP contribution in [0.15, 0.2) is 12.4 Å². The van der Waals surface area contributed by atoms with E-state index in [1.54, 1.807) is 6.33 Å². The Hall–Kier alpha value is -1.36. The first-order valence-corrected chi connectivity index (χ1v) is 7.18. The summed E-state index contributed by atoms with van der Waals surface area (Å²) in [5.74, 6) is 1.99. The van der Waals surface area contributed by atoms with Crippen LogP contribution in [0.2, 0.25) is 0 Å². The van der Waals surface area contributed by atoms with Crippen LogP contribution in [0.4, 0.5) is 11.6 Å². The SMILES string of the molecule is CCN(C)c1cc(N(C)CCC2CCCN2)ncn1. The van der Waals surface area contributed by atoms with Crippen LogP contribution in [0.25, 0.3) is 0 Å². The van der Waals surface area contributed by atoms with Gasteiger partial charge in [0.15, 0.2) is 0 Å². The Labute approximate surface area is 116 Å². The Morgan fingerprint density at radius 2 is 2.00 bits per heavy atom. The number of nitrogens with zero attached hydrogens (tertiary/aromatic N) is 4. The normalized spacial score (nSPS) is 18.6. The van der Waals surface area contributed by atoms with Crippen LogP contribution in [-0.4, -0.2) is 49.7 Å². The van der Waals surface area contributed by atoms with Crippen LogP contribution >= 0.6 is 0 Å². The fourth-order valence-electron chi connectivity index (χ4n) is 2.38. The van der Waals surface area contributed by atoms with Gasteiger partial charge in [0, 0.05) is 39.3 Å². The van der Waals surface area contributed by atoms with Gasteiger partial charge in [-0.3, -0.25) is 0 Å². The molecule has 1 aromatic heterocycles. The Kier molecular flexibility index (Phi) is 4.96. The monoisotopic (exact) mass is 263 g/mol. The molecule has 0 aliphatic carbocycles. The van der Waals surface area contributed by atoms with Crippen molar-refractivity contribution in [3.63, 3.8) is 0 Å². The van der Waals surface area contributed by atoms with Crippen molar-refractivity contribution in [2.75, 3.05) is 43.5 Å². The molecule has 0 amide bonds. The molecule has 5 heteroatoms. The van der Waals surface area contributed by atoms with Crippen molar-refractivity contribution in [1.82, 2.24) is 15.3 Å². The van der Waals surface area contributed by atoms with Gasteiger partial charge in [0.2, 0.25) is 0 Å². The Morgan fingerprint density at radius 3 is 2.63 bits per heavy atom. The summed E-state index contributed by atoms with van der Waals surface area (Å²) in [6.07, 6.45) is 5.45. The average molecular weight is 263 g/mol. The molecule has 0 aromatic carbocycles. The summed E-state index contributed by atoms with van der Waals surface area (Å²) in [5, 5.41) is 3.53. The van der Waals surface area contributed by atoms with Gasteiger partial charge in [-0.05, 0) is 32.7 Å². The Morgan fingerprint density at radius 1 is 1.26 bits per heavy atom. The summed E-state index contributed by atoms with van der Waals surface area (Å²) < 4.78 is 0. The summed E-state index contributed by atoms with van der Waals surface area (Å²) in [6.45, 7) is 5.28. The van der Waals surface area contributed by atoms with Gasteiger partial charge < -0.3 is 15.1 Å². The second kappa shape index (κ2) is 6.70. The Balaban J connectivity index is 1.92. The minimum absolute atomic E-state index is 0.682. The zero-order valence-electron chi connectivity index (χ0n) is 12.3. The fraction of sp³-hybridized carbons (Fsp3) is 0.714. The standard InChI is InChI=1S/C14H25N5/c1-4-18(2)13-10-14(17-11-16-13)19(3)9-7-12-6-5-8-15-12/h10-12,15H,4-9H2,1-3H3. The lowest BCUT2D eigenvalue weighted by molar-refractivity contribution is 0.558. The average Bonchev–Trinajstić information content (AvgIpc) is 2.97. The molecule has 1 aliphatic heterocycles. The molecular formula is C14H25N5. The fourth-order valence-corrected chi connectivity index (χ4v) is 2.38. The third-order valence-electron chi connectivity index (χ3n) is 3.87. The van der Waals surface area contributed by atoms with E-state index < -0.39 is 0 Å². The minimum Gasteiger partial charge on any atom is -0.360 e. The molecule has 1 aromatic rings. The van der Waals surface area contributed by atoms with E-state index in [9.17, 15) is 0 Å². The van der Waals surface area contributed by atoms with Gasteiger partial charge in [0.1, 0.15) is 18.0 Å². The van der Waals surface area contributed by atoms with E-state index in [0.29, 0.717) is 6.04 Å². The van der Waals surface area contributed by atoms with Crippen LogP contribution in [0, 0.1) is 0 Å². The first-order chi connectivity index (χ1) is 9.20. The molecule has 0 radical (unpaired) electrons. The largest absolute Gasteiger partial charge is 0.360 e. The lowest BCUT2D eigenvalue weighted by Crippen LogP contribution is -2.29. The van der Waals surface area contributed by atoms with Gasteiger partial charge in [-0.25, -0.2) is 9.97 Å². The van der Waals surface area contributed by atoms with Crippen LogP contribution in [0.5, 0.6) is 0 Å². The molecule has 19 heavy (non-hydrogen) atoms. The van der Waals surface area contributed by atoms with E-state index in [4.69, 9.17) is 0 Å². The van der Waals surface area contributed by atoms with Gasteiger partial charge in [0.05, 0.1) is 0 Å². The zero-order valence-corrected chi connectivity index (χ0v) is 12.3. The number of hydrogen-bond acceptors (Lipinski definition) is 5. The topological polar surface area (TPSA) is 44.3 Å². The van der Waals surface area contributed by atoms with E-state index in [0.717, 1.165) is 24.7 Å². The van der Waals surface area contributed by atoms with Crippen molar-refractivity contribution >= 4 is 11.6 Å². The smallest absolute Gasteiger partial charge is 0.133 e. The van der Waals surface area contributed by atoms with E-state index >= 15 is 0 Å². The molecule has 1 aliphatic rings. The predicted octanol–water partition coefficient (Wildman–Crippen LogP) is 1.51. The molecule has 0 spiro atoms. The molecule has 1 atom stereocenters.